The van der Waals surface area contributed by atoms with E-state index in [2.05, 4.69) is 10.3 Å². The van der Waals surface area contributed by atoms with Crippen LogP contribution in [0.1, 0.15) is 39.8 Å². The minimum absolute atomic E-state index is 0.0198. The van der Waals surface area contributed by atoms with Gasteiger partial charge >= 0.3 is 0 Å². The molecule has 0 saturated carbocycles. The van der Waals surface area contributed by atoms with E-state index in [0.717, 1.165) is 10.6 Å². The van der Waals surface area contributed by atoms with Gasteiger partial charge in [-0.05, 0) is 38.5 Å². The fourth-order valence-electron chi connectivity index (χ4n) is 3.38. The smallest absolute Gasteiger partial charge is 0.263 e. The topological polar surface area (TPSA) is 88.6 Å². The molecule has 1 aromatic heterocycles. The van der Waals surface area contributed by atoms with Gasteiger partial charge in [0.1, 0.15) is 10.7 Å². The predicted molar refractivity (Wildman–Crippen MR) is 114 cm³/mol. The molecular weight excluding hydrogens is 429 g/mol. The molecule has 30 heavy (non-hydrogen) atoms. The molecule has 0 bridgehead atoms. The number of carbonyl (C=O) groups excluding carboxylic acids is 1. The molecule has 1 aliphatic rings. The lowest BCUT2D eigenvalue weighted by Crippen LogP contribution is -2.49. The molecule has 2 aromatic rings. The number of ether oxygens (including phenoxy) is 1. The molecule has 1 fully saturated rings. The van der Waals surface area contributed by atoms with Gasteiger partial charge in [0.15, 0.2) is 0 Å². The van der Waals surface area contributed by atoms with Crippen molar-refractivity contribution in [3.8, 4) is 0 Å². The van der Waals surface area contributed by atoms with Gasteiger partial charge < -0.3 is 10.1 Å². The summed E-state index contributed by atoms with van der Waals surface area (Å²) in [4.78, 5) is 17.4. The van der Waals surface area contributed by atoms with E-state index >= 15 is 0 Å². The molecule has 1 amide bonds. The number of nitrogens with zero attached hydrogens (tertiary/aromatic N) is 2. The highest BCUT2D eigenvalue weighted by Crippen LogP contribution is 2.21. The van der Waals surface area contributed by atoms with Gasteiger partial charge in [0.05, 0.1) is 28.7 Å². The van der Waals surface area contributed by atoms with Crippen LogP contribution >= 0.6 is 11.3 Å². The van der Waals surface area contributed by atoms with Crippen LogP contribution in [0.4, 0.5) is 4.39 Å². The minimum atomic E-state index is -3.48. The summed E-state index contributed by atoms with van der Waals surface area (Å²) in [6.07, 6.45) is 0.191. The van der Waals surface area contributed by atoms with Crippen LogP contribution < -0.4 is 5.32 Å². The van der Waals surface area contributed by atoms with Crippen LogP contribution in [-0.2, 0) is 21.2 Å². The van der Waals surface area contributed by atoms with Gasteiger partial charge in [-0.1, -0.05) is 12.1 Å². The SMILES string of the molecule is Cc1nc(Cc2ccc(F)cc2)sc1C(=O)NCCS(=O)(=O)N1CC(C)OC(C)C1. The van der Waals surface area contributed by atoms with E-state index in [1.807, 2.05) is 13.8 Å². The molecule has 0 radical (unpaired) electrons. The third kappa shape index (κ3) is 5.84. The van der Waals surface area contributed by atoms with Gasteiger partial charge in [-0.15, -0.1) is 11.3 Å². The number of carbonyl (C=O) groups is 1. The van der Waals surface area contributed by atoms with Crippen LogP contribution in [0.2, 0.25) is 0 Å². The maximum absolute atomic E-state index is 13.0. The van der Waals surface area contributed by atoms with Crippen molar-refractivity contribution in [2.45, 2.75) is 39.4 Å². The molecule has 1 aliphatic heterocycles. The van der Waals surface area contributed by atoms with Gasteiger partial charge in [-0.25, -0.2) is 17.8 Å². The molecule has 1 saturated heterocycles. The van der Waals surface area contributed by atoms with E-state index in [-0.39, 0.29) is 36.2 Å². The number of halogens is 1. The number of aromatic nitrogens is 1. The fraction of sp³-hybridized carbons (Fsp3) is 0.500. The lowest BCUT2D eigenvalue weighted by molar-refractivity contribution is -0.0440. The highest BCUT2D eigenvalue weighted by Gasteiger charge is 2.30. The summed E-state index contributed by atoms with van der Waals surface area (Å²) in [6, 6.07) is 6.15. The zero-order chi connectivity index (χ0) is 21.9. The van der Waals surface area contributed by atoms with Crippen LogP contribution in [0.5, 0.6) is 0 Å². The van der Waals surface area contributed by atoms with E-state index < -0.39 is 10.0 Å². The molecule has 7 nitrogen and oxygen atoms in total. The van der Waals surface area contributed by atoms with E-state index in [1.165, 1.54) is 27.8 Å². The highest BCUT2D eigenvalue weighted by molar-refractivity contribution is 7.89. The van der Waals surface area contributed by atoms with Crippen LogP contribution in [0, 0.1) is 12.7 Å². The molecule has 10 heteroatoms. The number of hydrogen-bond acceptors (Lipinski definition) is 6. The standard InChI is InChI=1S/C20H26FN3O4S2/c1-13-11-24(12-14(2)28-13)30(26,27)9-8-22-20(25)19-15(3)23-18(29-19)10-16-4-6-17(21)7-5-16/h4-7,13-14H,8-12H2,1-3H3,(H,22,25). The number of benzene rings is 1. The lowest BCUT2D eigenvalue weighted by Gasteiger charge is -2.34. The van der Waals surface area contributed by atoms with Crippen molar-refractivity contribution in [2.24, 2.45) is 0 Å². The predicted octanol–water partition coefficient (Wildman–Crippen LogP) is 2.35. The molecule has 2 unspecified atom stereocenters. The van der Waals surface area contributed by atoms with Crippen molar-refractivity contribution >= 4 is 27.3 Å². The zero-order valence-corrected chi connectivity index (χ0v) is 18.9. The number of sulfonamides is 1. The average molecular weight is 456 g/mol. The number of nitrogens with one attached hydrogen (secondary N) is 1. The third-order valence-corrected chi connectivity index (χ3v) is 7.70. The van der Waals surface area contributed by atoms with E-state index in [4.69, 9.17) is 4.74 Å². The van der Waals surface area contributed by atoms with Gasteiger partial charge in [-0.3, -0.25) is 4.79 Å². The first-order valence-electron chi connectivity index (χ1n) is 9.76. The Labute approximate surface area is 180 Å². The summed E-state index contributed by atoms with van der Waals surface area (Å²) in [5, 5.41) is 3.43. The van der Waals surface area contributed by atoms with Crippen LogP contribution in [-0.4, -0.2) is 61.2 Å². The molecule has 2 atom stereocenters. The summed E-state index contributed by atoms with van der Waals surface area (Å²) in [7, 11) is -3.48. The highest BCUT2D eigenvalue weighted by atomic mass is 32.2. The molecule has 1 N–H and O–H groups in total. The molecule has 164 valence electrons. The van der Waals surface area contributed by atoms with Gasteiger partial charge in [-0.2, -0.15) is 4.31 Å². The van der Waals surface area contributed by atoms with Gasteiger partial charge in [0, 0.05) is 26.1 Å². The molecule has 0 spiro atoms. The number of aryl methyl sites for hydroxylation is 1. The van der Waals surface area contributed by atoms with Crippen molar-refractivity contribution < 1.29 is 22.3 Å². The van der Waals surface area contributed by atoms with E-state index in [9.17, 15) is 17.6 Å². The molecule has 2 heterocycles. The quantitative estimate of drug-likeness (QED) is 0.692. The Morgan fingerprint density at radius 3 is 2.53 bits per heavy atom. The Morgan fingerprint density at radius 2 is 1.90 bits per heavy atom. The number of amides is 1. The first kappa shape index (κ1) is 22.8. The average Bonchev–Trinajstić information content (AvgIpc) is 3.03. The number of hydrogen-bond donors (Lipinski definition) is 1. The molecule has 3 rings (SSSR count). The lowest BCUT2D eigenvalue weighted by atomic mass is 10.1. The largest absolute Gasteiger partial charge is 0.373 e. The van der Waals surface area contributed by atoms with E-state index in [0.29, 0.717) is 30.1 Å². The van der Waals surface area contributed by atoms with Crippen molar-refractivity contribution in [1.82, 2.24) is 14.6 Å². The van der Waals surface area contributed by atoms with Crippen molar-refractivity contribution in [3.63, 3.8) is 0 Å². The van der Waals surface area contributed by atoms with E-state index in [1.54, 1.807) is 19.1 Å². The molecule has 1 aromatic carbocycles. The zero-order valence-electron chi connectivity index (χ0n) is 17.2. The Kier molecular flexibility index (Phi) is 7.22. The second-order valence-electron chi connectivity index (χ2n) is 7.47. The summed E-state index contributed by atoms with van der Waals surface area (Å²) >= 11 is 1.26. The Bertz CT molecular complexity index is 982. The Morgan fingerprint density at radius 1 is 1.27 bits per heavy atom. The van der Waals surface area contributed by atoms with Gasteiger partial charge in [0.2, 0.25) is 10.0 Å². The number of thiazole rings is 1. The Balaban J connectivity index is 1.56. The summed E-state index contributed by atoms with van der Waals surface area (Å²) in [6.45, 7) is 6.09. The van der Waals surface area contributed by atoms with Gasteiger partial charge in [0.25, 0.3) is 5.91 Å². The second kappa shape index (κ2) is 9.51. The van der Waals surface area contributed by atoms with Crippen molar-refractivity contribution in [1.29, 1.82) is 0 Å². The Hall–Kier alpha value is -1.88. The van der Waals surface area contributed by atoms with Crippen LogP contribution in [0.15, 0.2) is 24.3 Å². The number of rotatable bonds is 7. The fourth-order valence-corrected chi connectivity index (χ4v) is 5.88. The normalized spacial score (nSPS) is 20.3. The van der Waals surface area contributed by atoms with Crippen LogP contribution in [0.3, 0.4) is 0 Å². The van der Waals surface area contributed by atoms with Crippen LogP contribution in [0.25, 0.3) is 0 Å². The summed E-state index contributed by atoms with van der Waals surface area (Å²) in [5.74, 6) is -0.808. The number of morpholine rings is 1. The summed E-state index contributed by atoms with van der Waals surface area (Å²) < 4.78 is 45.2. The van der Waals surface area contributed by atoms with Crippen molar-refractivity contribution in [3.05, 3.63) is 51.2 Å². The first-order chi connectivity index (χ1) is 14.1. The molecule has 0 aliphatic carbocycles. The monoisotopic (exact) mass is 455 g/mol. The maximum atomic E-state index is 13.0. The second-order valence-corrected chi connectivity index (χ2v) is 10.6. The maximum Gasteiger partial charge on any atom is 0.263 e. The van der Waals surface area contributed by atoms with Crippen molar-refractivity contribution in [2.75, 3.05) is 25.4 Å². The summed E-state index contributed by atoms with van der Waals surface area (Å²) in [5.41, 5.74) is 1.49. The minimum Gasteiger partial charge on any atom is -0.373 e. The first-order valence-corrected chi connectivity index (χ1v) is 12.2. The third-order valence-electron chi connectivity index (χ3n) is 4.74. The molecular formula is C20H26FN3O4S2.